The number of amides is 1. The molecule has 0 atom stereocenters. The fraction of sp³-hybridized carbons (Fsp3) is 0.353. The van der Waals surface area contributed by atoms with Crippen molar-refractivity contribution in [2.45, 2.75) is 25.3 Å². The summed E-state index contributed by atoms with van der Waals surface area (Å²) >= 11 is 0. The first-order valence-corrected chi connectivity index (χ1v) is 9.94. The molecule has 3 aromatic rings. The highest BCUT2D eigenvalue weighted by molar-refractivity contribution is 7.89. The monoisotopic (exact) mass is 389 g/mol. The minimum absolute atomic E-state index is 0.0867. The van der Waals surface area contributed by atoms with Crippen LogP contribution in [0, 0.1) is 19.8 Å². The first-order chi connectivity index (χ1) is 12.9. The number of rotatable bonds is 5. The molecular weight excluding hydrogens is 370 g/mol. The normalized spacial score (nSPS) is 15.8. The van der Waals surface area contributed by atoms with E-state index in [0.29, 0.717) is 11.5 Å². The lowest BCUT2D eigenvalue weighted by molar-refractivity contribution is -0.128. The average molecular weight is 389 g/mol. The van der Waals surface area contributed by atoms with Crippen molar-refractivity contribution in [1.82, 2.24) is 24.7 Å². The van der Waals surface area contributed by atoms with Crippen molar-refractivity contribution in [3.05, 3.63) is 41.5 Å². The zero-order chi connectivity index (χ0) is 19.2. The Morgan fingerprint density at radius 2 is 2.07 bits per heavy atom. The third kappa shape index (κ3) is 3.10. The lowest BCUT2D eigenvalue weighted by Gasteiger charge is -2.36. The molecule has 9 nitrogen and oxygen atoms in total. The molecule has 3 heterocycles. The Morgan fingerprint density at radius 1 is 1.33 bits per heavy atom. The second kappa shape index (κ2) is 6.46. The van der Waals surface area contributed by atoms with Gasteiger partial charge in [-0.3, -0.25) is 4.79 Å². The van der Waals surface area contributed by atoms with Gasteiger partial charge in [-0.05, 0) is 26.0 Å². The molecule has 0 aliphatic carbocycles. The molecular formula is C17H19N5O4S. The molecule has 0 unspecified atom stereocenters. The summed E-state index contributed by atoms with van der Waals surface area (Å²) in [5, 5.41) is 6.49. The molecule has 1 aliphatic heterocycles. The number of carbonyl (C=O) groups excluding carboxylic acids is 1. The number of aromatic amines is 1. The molecule has 1 saturated heterocycles. The molecule has 1 fully saturated rings. The number of nitrogens with zero attached hydrogens (tertiary/aromatic N) is 3. The molecule has 2 aromatic heterocycles. The molecule has 1 amide bonds. The highest BCUT2D eigenvalue weighted by atomic mass is 32.2. The number of fused-ring (bicyclic) bond motifs is 1. The van der Waals surface area contributed by atoms with Crippen LogP contribution < -0.4 is 5.32 Å². The predicted octanol–water partition coefficient (Wildman–Crippen LogP) is 1.10. The Hall–Kier alpha value is -2.72. The Balaban J connectivity index is 1.36. The van der Waals surface area contributed by atoms with Crippen molar-refractivity contribution < 1.29 is 17.7 Å². The van der Waals surface area contributed by atoms with E-state index < -0.39 is 10.0 Å². The number of nitrogens with one attached hydrogen (secondary N) is 2. The van der Waals surface area contributed by atoms with Gasteiger partial charge in [0.1, 0.15) is 16.4 Å². The van der Waals surface area contributed by atoms with Gasteiger partial charge < -0.3 is 14.8 Å². The Labute approximate surface area is 155 Å². The van der Waals surface area contributed by atoms with E-state index in [9.17, 15) is 13.2 Å². The SMILES string of the molecule is Cc1noc(C)c1S(=O)(=O)N1CC(C(=O)NCc2nc3ccccc3[nH]2)C1. The maximum atomic E-state index is 12.6. The molecule has 4 rings (SSSR count). The van der Waals surface area contributed by atoms with Gasteiger partial charge in [-0.15, -0.1) is 0 Å². The molecule has 0 radical (unpaired) electrons. The molecule has 1 aliphatic rings. The van der Waals surface area contributed by atoms with Crippen molar-refractivity contribution in [3.63, 3.8) is 0 Å². The first kappa shape index (κ1) is 17.7. The van der Waals surface area contributed by atoms with E-state index in [4.69, 9.17) is 4.52 Å². The van der Waals surface area contributed by atoms with E-state index in [-0.39, 0.29) is 42.1 Å². The fourth-order valence-corrected chi connectivity index (χ4v) is 5.00. The molecule has 10 heteroatoms. The Morgan fingerprint density at radius 3 is 2.74 bits per heavy atom. The molecule has 0 spiro atoms. The van der Waals surface area contributed by atoms with Crippen LogP contribution in [0.3, 0.4) is 0 Å². The number of benzene rings is 1. The maximum Gasteiger partial charge on any atom is 0.248 e. The van der Waals surface area contributed by atoms with Gasteiger partial charge in [-0.25, -0.2) is 13.4 Å². The molecule has 0 saturated carbocycles. The number of imidazole rings is 1. The van der Waals surface area contributed by atoms with Gasteiger partial charge in [0.15, 0.2) is 5.76 Å². The van der Waals surface area contributed by atoms with Gasteiger partial charge >= 0.3 is 0 Å². The van der Waals surface area contributed by atoms with Crippen LogP contribution in [-0.2, 0) is 21.4 Å². The topological polar surface area (TPSA) is 121 Å². The lowest BCUT2D eigenvalue weighted by atomic mass is 10.0. The van der Waals surface area contributed by atoms with E-state index >= 15 is 0 Å². The van der Waals surface area contributed by atoms with Crippen LogP contribution >= 0.6 is 0 Å². The lowest BCUT2D eigenvalue weighted by Crippen LogP contribution is -2.55. The molecule has 0 bridgehead atoms. The van der Waals surface area contributed by atoms with Crippen LogP contribution in [0.4, 0.5) is 0 Å². The maximum absolute atomic E-state index is 12.6. The second-order valence-corrected chi connectivity index (χ2v) is 8.47. The highest BCUT2D eigenvalue weighted by Crippen LogP contribution is 2.29. The Bertz CT molecular complexity index is 1060. The van der Waals surface area contributed by atoms with Crippen molar-refractivity contribution in [3.8, 4) is 0 Å². The van der Waals surface area contributed by atoms with Gasteiger partial charge in [0.25, 0.3) is 0 Å². The van der Waals surface area contributed by atoms with Crippen LogP contribution in [0.5, 0.6) is 0 Å². The van der Waals surface area contributed by atoms with Gasteiger partial charge in [0.05, 0.1) is 23.5 Å². The van der Waals surface area contributed by atoms with Gasteiger partial charge in [0.2, 0.25) is 15.9 Å². The summed E-state index contributed by atoms with van der Waals surface area (Å²) in [7, 11) is -3.69. The first-order valence-electron chi connectivity index (χ1n) is 8.50. The van der Waals surface area contributed by atoms with Crippen molar-refractivity contribution in [2.24, 2.45) is 5.92 Å². The van der Waals surface area contributed by atoms with E-state index in [1.165, 1.54) is 4.31 Å². The molecule has 27 heavy (non-hydrogen) atoms. The van der Waals surface area contributed by atoms with Crippen molar-refractivity contribution in [1.29, 1.82) is 0 Å². The highest BCUT2D eigenvalue weighted by Gasteiger charge is 2.42. The van der Waals surface area contributed by atoms with Crippen LogP contribution in [0.1, 0.15) is 17.3 Å². The van der Waals surface area contributed by atoms with Crippen LogP contribution in [-0.4, -0.2) is 46.8 Å². The van der Waals surface area contributed by atoms with E-state index in [2.05, 4.69) is 20.4 Å². The van der Waals surface area contributed by atoms with Crippen molar-refractivity contribution >= 4 is 27.0 Å². The van der Waals surface area contributed by atoms with E-state index in [0.717, 1.165) is 11.0 Å². The summed E-state index contributed by atoms with van der Waals surface area (Å²) in [4.78, 5) is 19.9. The zero-order valence-corrected chi connectivity index (χ0v) is 15.7. The number of hydrogen-bond donors (Lipinski definition) is 2. The van der Waals surface area contributed by atoms with Crippen LogP contribution in [0.25, 0.3) is 11.0 Å². The summed E-state index contributed by atoms with van der Waals surface area (Å²) in [6.45, 7) is 3.68. The van der Waals surface area contributed by atoms with Crippen LogP contribution in [0.2, 0.25) is 0 Å². The number of hydrogen-bond acceptors (Lipinski definition) is 6. The molecule has 142 valence electrons. The molecule has 1 aromatic carbocycles. The minimum Gasteiger partial charge on any atom is -0.360 e. The van der Waals surface area contributed by atoms with Crippen LogP contribution in [0.15, 0.2) is 33.7 Å². The Kier molecular flexibility index (Phi) is 4.23. The summed E-state index contributed by atoms with van der Waals surface area (Å²) in [6.07, 6.45) is 0. The summed E-state index contributed by atoms with van der Waals surface area (Å²) in [6, 6.07) is 7.61. The number of sulfonamides is 1. The predicted molar refractivity (Wildman–Crippen MR) is 96.2 cm³/mol. The number of aromatic nitrogens is 3. The number of H-pyrrole nitrogens is 1. The standard InChI is InChI=1S/C17H19N5O4S/c1-10-16(11(2)26-21-10)27(24,25)22-8-12(9-22)17(23)18-7-15-19-13-5-3-4-6-14(13)20-15/h3-6,12H,7-9H2,1-2H3,(H,18,23)(H,19,20). The van der Waals surface area contributed by atoms with E-state index in [1.54, 1.807) is 13.8 Å². The fourth-order valence-electron chi connectivity index (χ4n) is 3.18. The third-order valence-corrected chi connectivity index (χ3v) is 6.73. The van der Waals surface area contributed by atoms with Gasteiger partial charge in [0, 0.05) is 13.1 Å². The molecule has 2 N–H and O–H groups in total. The largest absolute Gasteiger partial charge is 0.360 e. The summed E-state index contributed by atoms with van der Waals surface area (Å²) in [5.74, 6) is 0.333. The number of aryl methyl sites for hydroxylation is 2. The number of para-hydroxylation sites is 2. The zero-order valence-electron chi connectivity index (χ0n) is 14.9. The van der Waals surface area contributed by atoms with Crippen molar-refractivity contribution in [2.75, 3.05) is 13.1 Å². The summed E-state index contributed by atoms with van der Waals surface area (Å²) < 4.78 is 31.5. The quantitative estimate of drug-likeness (QED) is 0.674. The smallest absolute Gasteiger partial charge is 0.248 e. The van der Waals surface area contributed by atoms with Gasteiger partial charge in [-0.1, -0.05) is 17.3 Å². The van der Waals surface area contributed by atoms with E-state index in [1.807, 2.05) is 24.3 Å². The summed E-state index contributed by atoms with van der Waals surface area (Å²) in [5.41, 5.74) is 2.06. The third-order valence-electron chi connectivity index (χ3n) is 4.65. The number of carbonyl (C=O) groups is 1. The minimum atomic E-state index is -3.69. The van der Waals surface area contributed by atoms with Gasteiger partial charge in [-0.2, -0.15) is 4.31 Å². The average Bonchev–Trinajstić information content (AvgIpc) is 3.14. The second-order valence-electron chi connectivity index (χ2n) is 6.59.